The molecule has 1 heterocycles. The highest BCUT2D eigenvalue weighted by atomic mass is 16.5. The number of ether oxygens (including phenoxy) is 1. The summed E-state index contributed by atoms with van der Waals surface area (Å²) in [4.78, 5) is 2.59. The van der Waals surface area contributed by atoms with Crippen LogP contribution in [0.2, 0.25) is 0 Å². The molecule has 1 N–H and O–H groups in total. The van der Waals surface area contributed by atoms with Gasteiger partial charge in [-0.25, -0.2) is 0 Å². The molecule has 0 spiro atoms. The molecule has 0 aromatic heterocycles. The normalized spacial score (nSPS) is 26.3. The van der Waals surface area contributed by atoms with Crippen molar-refractivity contribution in [2.45, 2.75) is 38.4 Å². The first-order valence-electron chi connectivity index (χ1n) is 7.29. The summed E-state index contributed by atoms with van der Waals surface area (Å²) in [6.45, 7) is 7.47. The van der Waals surface area contributed by atoms with Crippen LogP contribution >= 0.6 is 0 Å². The van der Waals surface area contributed by atoms with E-state index in [2.05, 4.69) is 54.4 Å². The summed E-state index contributed by atoms with van der Waals surface area (Å²) in [6.07, 6.45) is 1.14. The lowest BCUT2D eigenvalue weighted by Crippen LogP contribution is -2.56. The molecule has 0 aliphatic carbocycles. The van der Waals surface area contributed by atoms with Crippen molar-refractivity contribution < 1.29 is 4.74 Å². The van der Waals surface area contributed by atoms with Gasteiger partial charge >= 0.3 is 0 Å². The first-order chi connectivity index (χ1) is 9.26. The smallest absolute Gasteiger partial charge is 0.0618 e. The largest absolute Gasteiger partial charge is 0.383 e. The van der Waals surface area contributed by atoms with Crippen molar-refractivity contribution in [3.63, 3.8) is 0 Å². The van der Waals surface area contributed by atoms with Gasteiger partial charge in [0.05, 0.1) is 6.61 Å². The van der Waals surface area contributed by atoms with Crippen LogP contribution in [-0.4, -0.2) is 43.8 Å². The molecular weight excluding hydrogens is 236 g/mol. The van der Waals surface area contributed by atoms with Gasteiger partial charge in [-0.05, 0) is 18.9 Å². The fourth-order valence-corrected chi connectivity index (χ4v) is 2.94. The van der Waals surface area contributed by atoms with E-state index >= 15 is 0 Å². The number of nitrogens with one attached hydrogen (secondary N) is 1. The van der Waals surface area contributed by atoms with E-state index in [0.717, 1.165) is 26.1 Å². The van der Waals surface area contributed by atoms with E-state index in [9.17, 15) is 0 Å². The van der Waals surface area contributed by atoms with Gasteiger partial charge in [0, 0.05) is 38.3 Å². The molecule has 1 aromatic rings. The van der Waals surface area contributed by atoms with E-state index in [1.165, 1.54) is 5.56 Å². The molecule has 3 atom stereocenters. The average molecular weight is 262 g/mol. The second-order valence-corrected chi connectivity index (χ2v) is 5.43. The van der Waals surface area contributed by atoms with Crippen LogP contribution in [0, 0.1) is 0 Å². The van der Waals surface area contributed by atoms with Crippen molar-refractivity contribution in [2.75, 3.05) is 26.8 Å². The molecule has 1 saturated heterocycles. The second kappa shape index (κ2) is 7.04. The van der Waals surface area contributed by atoms with Crippen molar-refractivity contribution in [1.82, 2.24) is 10.2 Å². The molecule has 0 amide bonds. The van der Waals surface area contributed by atoms with Gasteiger partial charge in [-0.3, -0.25) is 4.90 Å². The molecule has 3 nitrogen and oxygen atoms in total. The predicted molar refractivity (Wildman–Crippen MR) is 79.3 cm³/mol. The van der Waals surface area contributed by atoms with Crippen molar-refractivity contribution in [3.8, 4) is 0 Å². The molecule has 1 aromatic carbocycles. The minimum atomic E-state index is 0.434. The number of piperazine rings is 1. The lowest BCUT2D eigenvalue weighted by Gasteiger charge is -2.43. The molecule has 1 aliphatic rings. The van der Waals surface area contributed by atoms with Crippen LogP contribution in [0.1, 0.15) is 31.9 Å². The van der Waals surface area contributed by atoms with E-state index in [0.29, 0.717) is 18.1 Å². The van der Waals surface area contributed by atoms with Gasteiger partial charge in [-0.15, -0.1) is 0 Å². The van der Waals surface area contributed by atoms with Gasteiger partial charge in [0.2, 0.25) is 0 Å². The van der Waals surface area contributed by atoms with Crippen LogP contribution in [0.4, 0.5) is 0 Å². The summed E-state index contributed by atoms with van der Waals surface area (Å²) in [5, 5.41) is 3.65. The molecule has 0 radical (unpaired) electrons. The first kappa shape index (κ1) is 14.5. The second-order valence-electron chi connectivity index (χ2n) is 5.43. The quantitative estimate of drug-likeness (QED) is 0.882. The van der Waals surface area contributed by atoms with Gasteiger partial charge in [0.15, 0.2) is 0 Å². The van der Waals surface area contributed by atoms with Gasteiger partial charge in [-0.2, -0.15) is 0 Å². The average Bonchev–Trinajstić information content (AvgIpc) is 2.46. The molecule has 3 heteroatoms. The third-order valence-corrected chi connectivity index (χ3v) is 4.12. The predicted octanol–water partition coefficient (Wildman–Crippen LogP) is 2.45. The maximum absolute atomic E-state index is 5.38. The maximum atomic E-state index is 5.38. The Morgan fingerprint density at radius 1 is 1.37 bits per heavy atom. The van der Waals surface area contributed by atoms with E-state index in [4.69, 9.17) is 4.74 Å². The summed E-state index contributed by atoms with van der Waals surface area (Å²) in [5.41, 5.74) is 1.38. The van der Waals surface area contributed by atoms with E-state index in [-0.39, 0.29) is 0 Å². The summed E-state index contributed by atoms with van der Waals surface area (Å²) in [5.74, 6) is 0. The van der Waals surface area contributed by atoms with Crippen molar-refractivity contribution in [3.05, 3.63) is 35.9 Å². The van der Waals surface area contributed by atoms with Crippen LogP contribution in [0.15, 0.2) is 30.3 Å². The summed E-state index contributed by atoms with van der Waals surface area (Å²) in [7, 11) is 1.80. The number of hydrogen-bond acceptors (Lipinski definition) is 3. The molecular formula is C16H26N2O. The van der Waals surface area contributed by atoms with Crippen LogP contribution < -0.4 is 5.32 Å². The van der Waals surface area contributed by atoms with Crippen LogP contribution in [0.3, 0.4) is 0 Å². The Labute approximate surface area is 116 Å². The zero-order valence-electron chi connectivity index (χ0n) is 12.3. The molecule has 2 rings (SSSR count). The minimum absolute atomic E-state index is 0.434. The standard InChI is InChI=1S/C16H26N2O/c1-4-15(12-19-3)18-11-16(17-10-13(18)2)14-8-6-5-7-9-14/h5-9,13,15-17H,4,10-12H2,1-3H3. The Morgan fingerprint density at radius 3 is 2.74 bits per heavy atom. The molecule has 1 fully saturated rings. The van der Waals surface area contributed by atoms with Crippen molar-refractivity contribution in [1.29, 1.82) is 0 Å². The van der Waals surface area contributed by atoms with Gasteiger partial charge in [0.1, 0.15) is 0 Å². The molecule has 0 bridgehead atoms. The van der Waals surface area contributed by atoms with Crippen LogP contribution in [0.25, 0.3) is 0 Å². The number of benzene rings is 1. The first-order valence-corrected chi connectivity index (χ1v) is 7.29. The van der Waals surface area contributed by atoms with Crippen molar-refractivity contribution in [2.24, 2.45) is 0 Å². The van der Waals surface area contributed by atoms with Crippen molar-refractivity contribution >= 4 is 0 Å². The zero-order valence-corrected chi connectivity index (χ0v) is 12.3. The molecule has 106 valence electrons. The minimum Gasteiger partial charge on any atom is -0.383 e. The Morgan fingerprint density at radius 2 is 2.11 bits per heavy atom. The fourth-order valence-electron chi connectivity index (χ4n) is 2.94. The lowest BCUT2D eigenvalue weighted by atomic mass is 10.00. The number of nitrogens with zero attached hydrogens (tertiary/aromatic N) is 1. The third-order valence-electron chi connectivity index (χ3n) is 4.12. The molecule has 1 aliphatic heterocycles. The molecule has 0 saturated carbocycles. The topological polar surface area (TPSA) is 24.5 Å². The SMILES string of the molecule is CCC(COC)N1CC(c2ccccc2)NCC1C. The Kier molecular flexibility index (Phi) is 5.37. The van der Waals surface area contributed by atoms with Gasteiger partial charge in [-0.1, -0.05) is 37.3 Å². The Balaban J connectivity index is 2.07. The van der Waals surface area contributed by atoms with Crippen LogP contribution in [-0.2, 0) is 4.74 Å². The molecule has 19 heavy (non-hydrogen) atoms. The molecule has 3 unspecified atom stereocenters. The number of methoxy groups -OCH3 is 1. The highest BCUT2D eigenvalue weighted by Crippen LogP contribution is 2.22. The fraction of sp³-hybridized carbons (Fsp3) is 0.625. The highest BCUT2D eigenvalue weighted by Gasteiger charge is 2.30. The summed E-state index contributed by atoms with van der Waals surface area (Å²) >= 11 is 0. The summed E-state index contributed by atoms with van der Waals surface area (Å²) in [6, 6.07) is 12.3. The Bertz CT molecular complexity index is 368. The van der Waals surface area contributed by atoms with E-state index < -0.39 is 0 Å². The van der Waals surface area contributed by atoms with E-state index in [1.807, 2.05) is 0 Å². The van der Waals surface area contributed by atoms with E-state index in [1.54, 1.807) is 7.11 Å². The van der Waals surface area contributed by atoms with Crippen LogP contribution in [0.5, 0.6) is 0 Å². The zero-order chi connectivity index (χ0) is 13.7. The Hall–Kier alpha value is -0.900. The summed E-state index contributed by atoms with van der Waals surface area (Å²) < 4.78 is 5.38. The number of rotatable bonds is 5. The van der Waals surface area contributed by atoms with Gasteiger partial charge in [0.25, 0.3) is 0 Å². The third kappa shape index (κ3) is 3.56. The lowest BCUT2D eigenvalue weighted by molar-refractivity contribution is 0.0371. The monoisotopic (exact) mass is 262 g/mol. The van der Waals surface area contributed by atoms with Gasteiger partial charge < -0.3 is 10.1 Å². The number of hydrogen-bond donors (Lipinski definition) is 1. The highest BCUT2D eigenvalue weighted by molar-refractivity contribution is 5.20. The maximum Gasteiger partial charge on any atom is 0.0618 e.